The van der Waals surface area contributed by atoms with E-state index in [0.29, 0.717) is 84.1 Å². The Morgan fingerprint density at radius 2 is 1.54 bits per heavy atom. The van der Waals surface area contributed by atoms with E-state index in [9.17, 15) is 0 Å². The Labute approximate surface area is 249 Å². The standard InChI is InChI=1S/C31H49N3O6S/c1-34-9-7-31-6-4-3-5-25(31)28(34)21-24-22-29-27(23-26(24)31)33-30(41-29)32-8-10-36-13-14-38-17-18-40-20-19-39-16-15-37-12-11-35-2/h22-23,25,28H,3-21H2,1-2H3,(H,32,33)/t25-,28+,31?/m0/s1. The van der Waals surface area contributed by atoms with Gasteiger partial charge >= 0.3 is 0 Å². The minimum atomic E-state index is 0.380. The Morgan fingerprint density at radius 1 is 0.878 bits per heavy atom. The number of piperidine rings is 1. The van der Waals surface area contributed by atoms with Crippen LogP contribution in [0.4, 0.5) is 5.13 Å². The highest BCUT2D eigenvalue weighted by atomic mass is 32.1. The number of aromatic nitrogens is 1. The van der Waals surface area contributed by atoms with E-state index < -0.39 is 0 Å². The summed E-state index contributed by atoms with van der Waals surface area (Å²) in [6, 6.07) is 5.62. The highest BCUT2D eigenvalue weighted by Gasteiger charge is 2.53. The topological polar surface area (TPSA) is 83.5 Å². The Hall–Kier alpha value is -1.37. The number of likely N-dealkylation sites (tertiary alicyclic amines) is 1. The summed E-state index contributed by atoms with van der Waals surface area (Å²) in [4.78, 5) is 7.61. The van der Waals surface area contributed by atoms with Crippen LogP contribution in [-0.4, -0.2) is 116 Å². The number of nitrogens with one attached hydrogen (secondary N) is 1. The van der Waals surface area contributed by atoms with E-state index in [4.69, 9.17) is 33.4 Å². The SMILES string of the molecule is COCCOCCOCCOCCOCCOCCNc1nc2cc3c(cc2s1)C[C@@H]1[C@@H]2CCCCC32CCN1C. The van der Waals surface area contributed by atoms with Gasteiger partial charge in [0.15, 0.2) is 5.13 Å². The molecule has 3 aliphatic rings. The number of benzene rings is 1. The van der Waals surface area contributed by atoms with Gasteiger partial charge in [0.2, 0.25) is 0 Å². The van der Waals surface area contributed by atoms with Gasteiger partial charge in [0.05, 0.1) is 82.9 Å². The fourth-order valence-corrected chi connectivity index (χ4v) is 7.99. The molecule has 41 heavy (non-hydrogen) atoms. The van der Waals surface area contributed by atoms with Crippen LogP contribution in [0.2, 0.25) is 0 Å². The molecule has 1 saturated heterocycles. The number of hydrogen-bond acceptors (Lipinski definition) is 10. The molecule has 2 heterocycles. The molecule has 0 amide bonds. The molecule has 0 spiro atoms. The van der Waals surface area contributed by atoms with Crippen LogP contribution < -0.4 is 5.32 Å². The second kappa shape index (κ2) is 15.9. The third-order valence-electron chi connectivity index (χ3n) is 9.06. The highest BCUT2D eigenvalue weighted by molar-refractivity contribution is 7.22. The molecule has 1 unspecified atom stereocenters. The molecule has 5 rings (SSSR count). The summed E-state index contributed by atoms with van der Waals surface area (Å²) < 4.78 is 33.8. The molecule has 2 fully saturated rings. The first-order chi connectivity index (χ1) is 20.2. The number of fused-ring (bicyclic) bond motifs is 2. The zero-order chi connectivity index (χ0) is 28.3. The lowest BCUT2D eigenvalue weighted by Crippen LogP contribution is -2.59. The van der Waals surface area contributed by atoms with Crippen molar-refractivity contribution in [2.45, 2.75) is 50.0 Å². The lowest BCUT2D eigenvalue weighted by molar-refractivity contribution is -0.0141. The summed E-state index contributed by atoms with van der Waals surface area (Å²) in [6.07, 6.45) is 7.99. The fraction of sp³-hybridized carbons (Fsp3) is 0.774. The van der Waals surface area contributed by atoms with E-state index in [-0.39, 0.29) is 0 Å². The van der Waals surface area contributed by atoms with E-state index >= 15 is 0 Å². The van der Waals surface area contributed by atoms with Crippen LogP contribution in [0, 0.1) is 5.92 Å². The van der Waals surface area contributed by atoms with Crippen LogP contribution in [0.25, 0.3) is 10.2 Å². The smallest absolute Gasteiger partial charge is 0.183 e. The van der Waals surface area contributed by atoms with Crippen LogP contribution in [0.5, 0.6) is 0 Å². The lowest BCUT2D eigenvalue weighted by Gasteiger charge is -2.58. The van der Waals surface area contributed by atoms with E-state index in [1.807, 2.05) is 0 Å². The molecular formula is C31H49N3O6S. The van der Waals surface area contributed by atoms with Crippen LogP contribution in [0.1, 0.15) is 43.2 Å². The maximum atomic E-state index is 5.74. The van der Waals surface area contributed by atoms with Gasteiger partial charge in [-0.15, -0.1) is 0 Å². The molecular weight excluding hydrogens is 542 g/mol. The van der Waals surface area contributed by atoms with Crippen molar-refractivity contribution in [1.29, 1.82) is 0 Å². The van der Waals surface area contributed by atoms with Crippen molar-refractivity contribution < 1.29 is 28.4 Å². The fourth-order valence-electron chi connectivity index (χ4n) is 7.06. The minimum Gasteiger partial charge on any atom is -0.382 e. The third-order valence-corrected chi connectivity index (χ3v) is 10.0. The van der Waals surface area contributed by atoms with Gasteiger partial charge < -0.3 is 38.6 Å². The maximum absolute atomic E-state index is 5.74. The second-order valence-electron chi connectivity index (χ2n) is 11.5. The summed E-state index contributed by atoms with van der Waals surface area (Å²) in [7, 11) is 4.00. The average molecular weight is 592 g/mol. The molecule has 2 aliphatic carbocycles. The van der Waals surface area contributed by atoms with E-state index in [1.54, 1.807) is 29.6 Å². The van der Waals surface area contributed by atoms with Crippen LogP contribution in [0.15, 0.2) is 12.1 Å². The van der Waals surface area contributed by atoms with Crippen molar-refractivity contribution in [2.75, 3.05) is 105 Å². The number of thiazole rings is 1. The molecule has 1 saturated carbocycles. The normalized spacial score (nSPS) is 24.0. The molecule has 1 N–H and O–H groups in total. The molecule has 1 aromatic heterocycles. The van der Waals surface area contributed by atoms with Gasteiger partial charge in [0.25, 0.3) is 0 Å². The summed E-state index contributed by atoms with van der Waals surface area (Å²) >= 11 is 1.77. The molecule has 9 nitrogen and oxygen atoms in total. The molecule has 2 aromatic rings. The molecule has 0 radical (unpaired) electrons. The minimum absolute atomic E-state index is 0.380. The molecule has 230 valence electrons. The van der Waals surface area contributed by atoms with E-state index in [0.717, 1.165) is 23.1 Å². The van der Waals surface area contributed by atoms with Gasteiger partial charge in [0, 0.05) is 25.1 Å². The van der Waals surface area contributed by atoms with E-state index in [1.165, 1.54) is 49.8 Å². The van der Waals surface area contributed by atoms with Gasteiger partial charge in [-0.25, -0.2) is 4.98 Å². The number of methoxy groups -OCH3 is 1. The van der Waals surface area contributed by atoms with Crippen molar-refractivity contribution in [2.24, 2.45) is 5.92 Å². The zero-order valence-corrected chi connectivity index (χ0v) is 25.8. The third kappa shape index (κ3) is 7.97. The maximum Gasteiger partial charge on any atom is 0.183 e. The van der Waals surface area contributed by atoms with Crippen LogP contribution in [0.3, 0.4) is 0 Å². The monoisotopic (exact) mass is 591 g/mol. The number of ether oxygens (including phenoxy) is 6. The van der Waals surface area contributed by atoms with E-state index in [2.05, 4.69) is 29.4 Å². The Balaban J connectivity index is 0.945. The Morgan fingerprint density at radius 3 is 2.22 bits per heavy atom. The number of likely N-dealkylation sites (N-methyl/N-ethyl adjacent to an activating group) is 1. The zero-order valence-electron chi connectivity index (χ0n) is 25.0. The molecule has 1 aromatic carbocycles. The first-order valence-corrected chi connectivity index (χ1v) is 16.3. The van der Waals surface area contributed by atoms with Crippen LogP contribution in [-0.2, 0) is 40.3 Å². The van der Waals surface area contributed by atoms with Crippen molar-refractivity contribution in [1.82, 2.24) is 9.88 Å². The molecule has 3 atom stereocenters. The second-order valence-corrected chi connectivity index (χ2v) is 12.5. The summed E-state index contributed by atoms with van der Waals surface area (Å²) in [5.41, 5.74) is 4.73. The van der Waals surface area contributed by atoms with Crippen molar-refractivity contribution >= 4 is 26.7 Å². The average Bonchev–Trinajstić information content (AvgIpc) is 3.39. The van der Waals surface area contributed by atoms with Gasteiger partial charge in [-0.3, -0.25) is 0 Å². The summed E-state index contributed by atoms with van der Waals surface area (Å²) in [5, 5.41) is 4.46. The number of hydrogen-bond donors (Lipinski definition) is 1. The lowest BCUT2D eigenvalue weighted by atomic mass is 9.52. The Bertz CT molecular complexity index is 1070. The van der Waals surface area contributed by atoms with Crippen molar-refractivity contribution in [3.63, 3.8) is 0 Å². The first-order valence-electron chi connectivity index (χ1n) is 15.5. The molecule has 2 bridgehead atoms. The molecule has 1 aliphatic heterocycles. The highest BCUT2D eigenvalue weighted by Crippen LogP contribution is 2.56. The van der Waals surface area contributed by atoms with Gasteiger partial charge in [0.1, 0.15) is 0 Å². The van der Waals surface area contributed by atoms with Crippen LogP contribution >= 0.6 is 11.3 Å². The van der Waals surface area contributed by atoms with Crippen molar-refractivity contribution in [3.8, 4) is 0 Å². The first kappa shape index (κ1) is 31.1. The Kier molecular flexibility index (Phi) is 12.1. The molecule has 10 heteroatoms. The quantitative estimate of drug-likeness (QED) is 0.243. The number of rotatable bonds is 19. The summed E-state index contributed by atoms with van der Waals surface area (Å²) in [5.74, 6) is 0.812. The largest absolute Gasteiger partial charge is 0.382 e. The van der Waals surface area contributed by atoms with Gasteiger partial charge in [-0.05, 0) is 68.5 Å². The predicted octanol–water partition coefficient (Wildman–Crippen LogP) is 4.13. The van der Waals surface area contributed by atoms with Gasteiger partial charge in [-0.1, -0.05) is 24.2 Å². The number of nitrogens with zero attached hydrogens (tertiary/aromatic N) is 2. The number of anilines is 1. The summed E-state index contributed by atoms with van der Waals surface area (Å²) in [6.45, 7) is 8.26. The van der Waals surface area contributed by atoms with Crippen molar-refractivity contribution in [3.05, 3.63) is 23.3 Å². The predicted molar refractivity (Wildman–Crippen MR) is 162 cm³/mol. The van der Waals surface area contributed by atoms with Gasteiger partial charge in [-0.2, -0.15) is 0 Å².